The number of hydrogen-bond donors (Lipinski definition) is 1. The molecule has 0 radical (unpaired) electrons. The number of rotatable bonds is 4. The predicted octanol–water partition coefficient (Wildman–Crippen LogP) is 3.47. The second kappa shape index (κ2) is 10.1. The van der Waals surface area contributed by atoms with Crippen LogP contribution < -0.4 is 4.90 Å². The summed E-state index contributed by atoms with van der Waals surface area (Å²) < 4.78 is 5.77. The number of anilines is 1. The molecule has 1 atom stereocenters. The number of cyclic esters (lactones) is 1. The molecular weight excluding hydrogens is 368 g/mol. The Labute approximate surface area is 173 Å². The van der Waals surface area contributed by atoms with E-state index in [4.69, 9.17) is 14.6 Å². The number of aryl methyl sites for hydroxylation is 1. The van der Waals surface area contributed by atoms with Crippen LogP contribution in [0.25, 0.3) is 0 Å². The van der Waals surface area contributed by atoms with E-state index < -0.39 is 0 Å². The quantitative estimate of drug-likeness (QED) is 0.614. The molecule has 1 saturated carbocycles. The maximum Gasteiger partial charge on any atom is 0.312 e. The van der Waals surface area contributed by atoms with Gasteiger partial charge in [-0.05, 0) is 38.3 Å². The van der Waals surface area contributed by atoms with Crippen LogP contribution in [0.5, 0.6) is 0 Å². The zero-order valence-electron chi connectivity index (χ0n) is 17.5. The molecule has 6 heteroatoms. The van der Waals surface area contributed by atoms with Crippen molar-refractivity contribution >= 4 is 18.1 Å². The van der Waals surface area contributed by atoms with Gasteiger partial charge in [0.2, 0.25) is 0 Å². The largest absolute Gasteiger partial charge is 0.483 e. The normalized spacial score (nSPS) is 24.0. The Morgan fingerprint density at radius 1 is 1.10 bits per heavy atom. The van der Waals surface area contributed by atoms with Gasteiger partial charge < -0.3 is 14.7 Å². The van der Waals surface area contributed by atoms with E-state index in [9.17, 15) is 4.79 Å². The summed E-state index contributed by atoms with van der Waals surface area (Å²) in [5.41, 5.74) is 2.53. The molecule has 29 heavy (non-hydrogen) atoms. The Morgan fingerprint density at radius 2 is 1.72 bits per heavy atom. The number of carboxylic acid groups (broad SMARTS) is 1. The Hall–Kier alpha value is -2.08. The minimum Gasteiger partial charge on any atom is -0.483 e. The van der Waals surface area contributed by atoms with Gasteiger partial charge in [0.15, 0.2) is 0 Å². The van der Waals surface area contributed by atoms with Crippen molar-refractivity contribution in [2.24, 2.45) is 5.41 Å². The van der Waals surface area contributed by atoms with Crippen molar-refractivity contribution in [3.63, 3.8) is 0 Å². The molecule has 1 aromatic rings. The first-order valence-electron chi connectivity index (χ1n) is 10.9. The smallest absolute Gasteiger partial charge is 0.312 e. The van der Waals surface area contributed by atoms with Crippen LogP contribution in [-0.2, 0) is 14.3 Å². The van der Waals surface area contributed by atoms with Crippen molar-refractivity contribution in [3.8, 4) is 0 Å². The molecular formula is C23H34N2O4. The lowest BCUT2D eigenvalue weighted by Gasteiger charge is -2.36. The van der Waals surface area contributed by atoms with E-state index in [0.29, 0.717) is 0 Å². The van der Waals surface area contributed by atoms with Gasteiger partial charge in [-0.15, -0.1) is 0 Å². The molecule has 1 spiro atoms. The molecule has 0 bridgehead atoms. The zero-order chi connectivity index (χ0) is 20.7. The van der Waals surface area contributed by atoms with Crippen molar-refractivity contribution in [2.75, 3.05) is 37.6 Å². The Kier molecular flexibility index (Phi) is 7.53. The predicted molar refractivity (Wildman–Crippen MR) is 113 cm³/mol. The summed E-state index contributed by atoms with van der Waals surface area (Å²) in [7, 11) is 0. The summed E-state index contributed by atoms with van der Waals surface area (Å²) in [5.74, 6) is 0.103. The number of piperazine rings is 1. The average molecular weight is 403 g/mol. The van der Waals surface area contributed by atoms with E-state index in [0.717, 1.165) is 58.4 Å². The van der Waals surface area contributed by atoms with Crippen LogP contribution in [0, 0.1) is 12.3 Å². The lowest BCUT2D eigenvalue weighted by molar-refractivity contribution is -0.150. The van der Waals surface area contributed by atoms with Crippen molar-refractivity contribution < 1.29 is 19.4 Å². The second-order valence-electron chi connectivity index (χ2n) is 8.63. The molecule has 2 saturated heterocycles. The molecule has 1 aliphatic carbocycles. The fourth-order valence-electron chi connectivity index (χ4n) is 4.95. The number of esters is 1. The Balaban J connectivity index is 0.000000755. The van der Waals surface area contributed by atoms with E-state index >= 15 is 0 Å². The fourth-order valence-corrected chi connectivity index (χ4v) is 4.95. The number of nitrogens with zero attached hydrogens (tertiary/aromatic N) is 2. The number of benzene rings is 1. The molecule has 0 aromatic heterocycles. The van der Waals surface area contributed by atoms with Crippen LogP contribution in [0.2, 0.25) is 0 Å². The number of carbonyl (C=O) groups excluding carboxylic acids is 1. The fraction of sp³-hybridized carbons (Fsp3) is 0.652. The highest BCUT2D eigenvalue weighted by Crippen LogP contribution is 2.46. The Morgan fingerprint density at radius 3 is 2.34 bits per heavy atom. The van der Waals surface area contributed by atoms with Crippen LogP contribution in [0.15, 0.2) is 24.3 Å². The van der Waals surface area contributed by atoms with Gasteiger partial charge in [0.25, 0.3) is 6.47 Å². The maximum absolute atomic E-state index is 12.4. The van der Waals surface area contributed by atoms with Gasteiger partial charge in [-0.2, -0.15) is 0 Å². The van der Waals surface area contributed by atoms with Gasteiger partial charge >= 0.3 is 5.97 Å². The number of hydrogen-bond acceptors (Lipinski definition) is 5. The highest BCUT2D eigenvalue weighted by molar-refractivity contribution is 5.79. The van der Waals surface area contributed by atoms with Crippen molar-refractivity contribution in [1.82, 2.24) is 4.90 Å². The van der Waals surface area contributed by atoms with Crippen molar-refractivity contribution in [3.05, 3.63) is 29.8 Å². The summed E-state index contributed by atoms with van der Waals surface area (Å²) in [6.07, 6.45) is 7.90. The summed E-state index contributed by atoms with van der Waals surface area (Å²) in [5, 5.41) is 6.89. The minimum absolute atomic E-state index is 0.103. The van der Waals surface area contributed by atoms with Gasteiger partial charge in [-0.25, -0.2) is 0 Å². The highest BCUT2D eigenvalue weighted by Gasteiger charge is 2.48. The molecule has 6 nitrogen and oxygen atoms in total. The zero-order valence-corrected chi connectivity index (χ0v) is 17.5. The summed E-state index contributed by atoms with van der Waals surface area (Å²) in [4.78, 5) is 25.8. The number of carbonyl (C=O) groups is 2. The topological polar surface area (TPSA) is 70.1 Å². The van der Waals surface area contributed by atoms with Crippen molar-refractivity contribution in [1.29, 1.82) is 0 Å². The first-order valence-corrected chi connectivity index (χ1v) is 10.9. The molecule has 1 N–H and O–H groups in total. The molecule has 3 aliphatic rings. The average Bonchev–Trinajstić information content (AvgIpc) is 3.03. The van der Waals surface area contributed by atoms with Crippen molar-refractivity contribution in [2.45, 2.75) is 58.0 Å². The van der Waals surface area contributed by atoms with E-state index in [2.05, 4.69) is 41.0 Å². The van der Waals surface area contributed by atoms with Crippen LogP contribution in [0.3, 0.4) is 0 Å². The van der Waals surface area contributed by atoms with Gasteiger partial charge in [-0.3, -0.25) is 14.5 Å². The van der Waals surface area contributed by atoms with E-state index in [1.54, 1.807) is 0 Å². The molecule has 3 fully saturated rings. The van der Waals surface area contributed by atoms with E-state index in [1.807, 2.05) is 0 Å². The van der Waals surface area contributed by atoms with Gasteiger partial charge in [0, 0.05) is 44.8 Å². The molecule has 4 rings (SSSR count). The third-order valence-electron chi connectivity index (χ3n) is 6.67. The third-order valence-corrected chi connectivity index (χ3v) is 6.67. The lowest BCUT2D eigenvalue weighted by Crippen LogP contribution is -2.47. The first-order chi connectivity index (χ1) is 14.1. The summed E-state index contributed by atoms with van der Waals surface area (Å²) in [6, 6.07) is 8.84. The lowest BCUT2D eigenvalue weighted by atomic mass is 9.72. The monoisotopic (exact) mass is 402 g/mol. The standard InChI is InChI=1S/C22H32N2O2.CH2O2/c1-18-5-7-19(8-6-18)24-15-13-23(14-16-24)12-9-20-17-22(21(25)26-20)10-3-2-4-11-22;2-1-3/h5-8,20H,2-4,9-17H2,1H3;1H,(H,2,3). The highest BCUT2D eigenvalue weighted by atomic mass is 16.6. The maximum atomic E-state index is 12.4. The molecule has 2 aliphatic heterocycles. The molecule has 1 aromatic carbocycles. The van der Waals surface area contributed by atoms with Gasteiger partial charge in [0.1, 0.15) is 6.10 Å². The van der Waals surface area contributed by atoms with Crippen LogP contribution >= 0.6 is 0 Å². The van der Waals surface area contributed by atoms with Gasteiger partial charge in [0.05, 0.1) is 5.41 Å². The van der Waals surface area contributed by atoms with Crippen LogP contribution in [-0.4, -0.2) is 61.3 Å². The second-order valence-corrected chi connectivity index (χ2v) is 8.63. The first kappa shape index (κ1) is 21.6. The molecule has 160 valence electrons. The van der Waals surface area contributed by atoms with Crippen LogP contribution in [0.1, 0.15) is 50.5 Å². The van der Waals surface area contributed by atoms with Crippen LogP contribution in [0.4, 0.5) is 5.69 Å². The SMILES string of the molecule is Cc1ccc(N2CCN(CCC3CC4(CCCCC4)C(=O)O3)CC2)cc1.O=CO. The Bertz CT molecular complexity index is 662. The number of ether oxygens (including phenoxy) is 1. The summed E-state index contributed by atoms with van der Waals surface area (Å²) in [6.45, 7) is 7.29. The molecule has 2 heterocycles. The van der Waals surface area contributed by atoms with E-state index in [1.165, 1.54) is 30.5 Å². The summed E-state index contributed by atoms with van der Waals surface area (Å²) >= 11 is 0. The minimum atomic E-state index is -0.250. The molecule has 0 amide bonds. The van der Waals surface area contributed by atoms with E-state index in [-0.39, 0.29) is 24.0 Å². The van der Waals surface area contributed by atoms with Gasteiger partial charge in [-0.1, -0.05) is 37.0 Å². The molecule has 1 unspecified atom stereocenters. The third kappa shape index (κ3) is 5.50.